The number of hydrazone groups is 1. The van der Waals surface area contributed by atoms with Crippen LogP contribution in [0.3, 0.4) is 0 Å². The van der Waals surface area contributed by atoms with Crippen molar-refractivity contribution in [2.75, 3.05) is 18.5 Å². The minimum Gasteiger partial charge on any atom is -0.494 e. The highest BCUT2D eigenvalue weighted by molar-refractivity contribution is 9.10. The van der Waals surface area contributed by atoms with Crippen LogP contribution in [0.4, 0.5) is 5.69 Å². The summed E-state index contributed by atoms with van der Waals surface area (Å²) in [5.41, 5.74) is 5.10. The van der Waals surface area contributed by atoms with Gasteiger partial charge < -0.3 is 10.1 Å². The van der Waals surface area contributed by atoms with E-state index in [4.69, 9.17) is 4.74 Å². The van der Waals surface area contributed by atoms with Crippen LogP contribution in [0.15, 0.2) is 58.1 Å². The molecule has 6 heteroatoms. The molecule has 2 aromatic rings. The molecule has 0 saturated heterocycles. The first-order chi connectivity index (χ1) is 11.6. The van der Waals surface area contributed by atoms with Gasteiger partial charge in [0.2, 0.25) is 0 Å². The SMILES string of the molecule is CCOc1ccc(NCC(=O)NN=C(C)c2ccc(Br)cc2)cc1. The average Bonchev–Trinajstić information content (AvgIpc) is 2.60. The predicted molar refractivity (Wildman–Crippen MR) is 101 cm³/mol. The number of hydrogen-bond donors (Lipinski definition) is 2. The fraction of sp³-hybridized carbons (Fsp3) is 0.222. The number of anilines is 1. The smallest absolute Gasteiger partial charge is 0.259 e. The molecule has 1 amide bonds. The van der Waals surface area contributed by atoms with E-state index in [1.165, 1.54) is 0 Å². The van der Waals surface area contributed by atoms with Crippen LogP contribution in [0.25, 0.3) is 0 Å². The molecule has 0 atom stereocenters. The Kier molecular flexibility index (Phi) is 6.81. The molecule has 126 valence electrons. The van der Waals surface area contributed by atoms with Crippen molar-refractivity contribution in [3.05, 3.63) is 58.6 Å². The van der Waals surface area contributed by atoms with Gasteiger partial charge in [0.25, 0.3) is 5.91 Å². The summed E-state index contributed by atoms with van der Waals surface area (Å²) in [6, 6.07) is 15.2. The molecule has 0 aliphatic heterocycles. The number of nitrogens with zero attached hydrogens (tertiary/aromatic N) is 1. The number of carbonyl (C=O) groups is 1. The number of hydrogen-bond acceptors (Lipinski definition) is 4. The number of halogens is 1. The number of ether oxygens (including phenoxy) is 1. The van der Waals surface area contributed by atoms with Gasteiger partial charge in [-0.2, -0.15) is 5.10 Å². The van der Waals surface area contributed by atoms with Crippen LogP contribution in [0.2, 0.25) is 0 Å². The Morgan fingerprint density at radius 2 is 1.79 bits per heavy atom. The maximum Gasteiger partial charge on any atom is 0.259 e. The van der Waals surface area contributed by atoms with Crippen LogP contribution < -0.4 is 15.5 Å². The molecule has 5 nitrogen and oxygen atoms in total. The van der Waals surface area contributed by atoms with Crippen molar-refractivity contribution in [2.24, 2.45) is 5.10 Å². The van der Waals surface area contributed by atoms with E-state index in [9.17, 15) is 4.79 Å². The lowest BCUT2D eigenvalue weighted by Crippen LogP contribution is -2.26. The molecule has 24 heavy (non-hydrogen) atoms. The van der Waals surface area contributed by atoms with Gasteiger partial charge in [-0.1, -0.05) is 28.1 Å². The van der Waals surface area contributed by atoms with Gasteiger partial charge in [0.15, 0.2) is 0 Å². The van der Waals surface area contributed by atoms with Gasteiger partial charge in [-0.15, -0.1) is 0 Å². The van der Waals surface area contributed by atoms with Crippen molar-refractivity contribution in [2.45, 2.75) is 13.8 Å². The minimum absolute atomic E-state index is 0.144. The maximum absolute atomic E-state index is 11.9. The van der Waals surface area contributed by atoms with Crippen molar-refractivity contribution in [1.29, 1.82) is 0 Å². The summed E-state index contributed by atoms with van der Waals surface area (Å²) in [5.74, 6) is 0.600. The minimum atomic E-state index is -0.208. The Hall–Kier alpha value is -2.34. The molecule has 2 N–H and O–H groups in total. The number of carbonyl (C=O) groups excluding carboxylic acids is 1. The van der Waals surface area contributed by atoms with Crippen molar-refractivity contribution < 1.29 is 9.53 Å². The first-order valence-electron chi connectivity index (χ1n) is 7.64. The van der Waals surface area contributed by atoms with Crippen LogP contribution in [-0.4, -0.2) is 24.8 Å². The highest BCUT2D eigenvalue weighted by Gasteiger charge is 2.02. The Bertz CT molecular complexity index is 697. The number of nitrogens with one attached hydrogen (secondary N) is 2. The van der Waals surface area contributed by atoms with Crippen molar-refractivity contribution in [3.8, 4) is 5.75 Å². The summed E-state index contributed by atoms with van der Waals surface area (Å²) in [5, 5.41) is 7.16. The second-order valence-corrected chi connectivity index (χ2v) is 5.97. The van der Waals surface area contributed by atoms with Crippen LogP contribution in [-0.2, 0) is 4.79 Å². The molecule has 0 spiro atoms. The molecule has 0 saturated carbocycles. The molecule has 0 aliphatic rings. The normalized spacial score (nSPS) is 11.0. The number of amides is 1. The Balaban J connectivity index is 1.82. The van der Waals surface area contributed by atoms with E-state index >= 15 is 0 Å². The van der Waals surface area contributed by atoms with E-state index in [1.807, 2.05) is 62.4 Å². The molecule has 0 bridgehead atoms. The van der Waals surface area contributed by atoms with E-state index < -0.39 is 0 Å². The first kappa shape index (κ1) is 18.0. The van der Waals surface area contributed by atoms with Crippen molar-refractivity contribution in [1.82, 2.24) is 5.43 Å². The Labute approximate surface area is 150 Å². The maximum atomic E-state index is 11.9. The lowest BCUT2D eigenvalue weighted by Gasteiger charge is -2.07. The summed E-state index contributed by atoms with van der Waals surface area (Å²) in [7, 11) is 0. The lowest BCUT2D eigenvalue weighted by molar-refractivity contribution is -0.119. The molecular formula is C18H20BrN3O2. The largest absolute Gasteiger partial charge is 0.494 e. The second-order valence-electron chi connectivity index (χ2n) is 5.05. The fourth-order valence-corrected chi connectivity index (χ4v) is 2.22. The lowest BCUT2D eigenvalue weighted by atomic mass is 10.1. The van der Waals surface area contributed by atoms with Gasteiger partial charge in [0, 0.05) is 10.2 Å². The highest BCUT2D eigenvalue weighted by Crippen LogP contribution is 2.15. The van der Waals surface area contributed by atoms with E-state index in [0.717, 1.165) is 27.2 Å². The molecule has 2 rings (SSSR count). The zero-order valence-electron chi connectivity index (χ0n) is 13.7. The number of rotatable bonds is 7. The molecule has 0 unspecified atom stereocenters. The topological polar surface area (TPSA) is 62.7 Å². The highest BCUT2D eigenvalue weighted by atomic mass is 79.9. The average molecular weight is 390 g/mol. The van der Waals surface area contributed by atoms with Crippen LogP contribution in [0.5, 0.6) is 5.75 Å². The predicted octanol–water partition coefficient (Wildman–Crippen LogP) is 3.80. The van der Waals surface area contributed by atoms with E-state index in [1.54, 1.807) is 0 Å². The zero-order chi connectivity index (χ0) is 17.4. The van der Waals surface area contributed by atoms with Crippen molar-refractivity contribution >= 4 is 33.2 Å². The van der Waals surface area contributed by atoms with Crippen LogP contribution in [0, 0.1) is 0 Å². The standard InChI is InChI=1S/C18H20BrN3O2/c1-3-24-17-10-8-16(9-11-17)20-12-18(23)22-21-13(2)14-4-6-15(19)7-5-14/h4-11,20H,3,12H2,1-2H3,(H,22,23). The summed E-state index contributed by atoms with van der Waals surface area (Å²) in [4.78, 5) is 11.9. The summed E-state index contributed by atoms with van der Waals surface area (Å²) in [6.07, 6.45) is 0. The van der Waals surface area contributed by atoms with E-state index in [-0.39, 0.29) is 12.5 Å². The fourth-order valence-electron chi connectivity index (χ4n) is 1.96. The molecular weight excluding hydrogens is 370 g/mol. The Morgan fingerprint density at radius 3 is 2.42 bits per heavy atom. The van der Waals surface area contributed by atoms with E-state index in [2.05, 4.69) is 31.8 Å². The third-order valence-corrected chi connectivity index (χ3v) is 3.76. The monoisotopic (exact) mass is 389 g/mol. The van der Waals surface area contributed by atoms with Gasteiger partial charge in [-0.05, 0) is 55.8 Å². The third kappa shape index (κ3) is 5.70. The molecule has 0 radical (unpaired) electrons. The van der Waals surface area contributed by atoms with Gasteiger partial charge in [-0.3, -0.25) is 4.79 Å². The van der Waals surface area contributed by atoms with Gasteiger partial charge in [0.05, 0.1) is 18.9 Å². The van der Waals surface area contributed by atoms with Crippen LogP contribution >= 0.6 is 15.9 Å². The third-order valence-electron chi connectivity index (χ3n) is 3.23. The van der Waals surface area contributed by atoms with Crippen molar-refractivity contribution in [3.63, 3.8) is 0 Å². The first-order valence-corrected chi connectivity index (χ1v) is 8.43. The van der Waals surface area contributed by atoms with E-state index in [0.29, 0.717) is 6.61 Å². The molecule has 0 fully saturated rings. The summed E-state index contributed by atoms with van der Waals surface area (Å²) < 4.78 is 6.38. The van der Waals surface area contributed by atoms with Gasteiger partial charge in [-0.25, -0.2) is 5.43 Å². The quantitative estimate of drug-likeness (QED) is 0.559. The van der Waals surface area contributed by atoms with Crippen LogP contribution in [0.1, 0.15) is 19.4 Å². The summed E-state index contributed by atoms with van der Waals surface area (Å²) >= 11 is 3.39. The van der Waals surface area contributed by atoms with Gasteiger partial charge in [0.1, 0.15) is 5.75 Å². The molecule has 0 heterocycles. The molecule has 2 aromatic carbocycles. The molecule has 0 aromatic heterocycles. The van der Waals surface area contributed by atoms with Gasteiger partial charge >= 0.3 is 0 Å². The second kappa shape index (κ2) is 9.08. The zero-order valence-corrected chi connectivity index (χ0v) is 15.3. The summed E-state index contributed by atoms with van der Waals surface area (Å²) in [6.45, 7) is 4.56. The Morgan fingerprint density at radius 1 is 1.12 bits per heavy atom. The molecule has 0 aliphatic carbocycles. The number of benzene rings is 2.